The van der Waals surface area contributed by atoms with Crippen LogP contribution in [-0.4, -0.2) is 17.4 Å². The van der Waals surface area contributed by atoms with E-state index in [1.54, 1.807) is 12.1 Å². The average molecular weight is 417 g/mol. The number of halogens is 2. The highest BCUT2D eigenvalue weighted by Crippen LogP contribution is 2.31. The van der Waals surface area contributed by atoms with Crippen LogP contribution in [0.2, 0.25) is 5.02 Å². The topological polar surface area (TPSA) is 62.0 Å². The van der Waals surface area contributed by atoms with Gasteiger partial charge < -0.3 is 10.3 Å². The molecule has 2 N–H and O–H groups in total. The first kappa shape index (κ1) is 21.7. The van der Waals surface area contributed by atoms with Crippen LogP contribution < -0.4 is 10.9 Å². The first-order valence-electron chi connectivity index (χ1n) is 8.79. The summed E-state index contributed by atoms with van der Waals surface area (Å²) in [5.74, 6) is -0.334. The maximum absolute atomic E-state index is 12.3. The van der Waals surface area contributed by atoms with E-state index in [0.717, 1.165) is 11.1 Å². The van der Waals surface area contributed by atoms with Crippen molar-refractivity contribution in [1.82, 2.24) is 10.3 Å². The standard InChI is InChI=1S/C22H22Cl2N2O2/c1-3-5-16(12-15(2)23)20(17-6-4-7-19(24)13-17)9-11-26-22(28)18-8-10-25-21(27)14-18/h3-8,10,12-14,20H,1,9,11H2,2H3,(H,25,27)(H,26,28)/b15-12+,16-5+. The Morgan fingerprint density at radius 1 is 1.32 bits per heavy atom. The van der Waals surface area contributed by atoms with Crippen molar-refractivity contribution in [3.05, 3.63) is 105 Å². The highest BCUT2D eigenvalue weighted by molar-refractivity contribution is 6.30. The second-order valence-corrected chi connectivity index (χ2v) is 7.26. The molecule has 1 aromatic heterocycles. The van der Waals surface area contributed by atoms with Gasteiger partial charge in [0.2, 0.25) is 5.56 Å². The number of pyridine rings is 1. The molecule has 28 heavy (non-hydrogen) atoms. The predicted molar refractivity (Wildman–Crippen MR) is 116 cm³/mol. The van der Waals surface area contributed by atoms with Crippen molar-refractivity contribution < 1.29 is 4.79 Å². The Morgan fingerprint density at radius 3 is 2.75 bits per heavy atom. The number of nitrogens with one attached hydrogen (secondary N) is 2. The molecule has 0 radical (unpaired) electrons. The molecule has 0 saturated carbocycles. The third-order valence-corrected chi connectivity index (χ3v) is 4.43. The Labute approximate surface area is 174 Å². The second kappa shape index (κ2) is 10.7. The maximum Gasteiger partial charge on any atom is 0.251 e. The summed E-state index contributed by atoms with van der Waals surface area (Å²) in [7, 11) is 0. The molecule has 0 fully saturated rings. The van der Waals surface area contributed by atoms with Gasteiger partial charge in [-0.15, -0.1) is 0 Å². The first-order chi connectivity index (χ1) is 13.4. The highest BCUT2D eigenvalue weighted by Gasteiger charge is 2.16. The highest BCUT2D eigenvalue weighted by atomic mass is 35.5. The quantitative estimate of drug-likeness (QED) is 0.581. The molecule has 2 aromatic rings. The summed E-state index contributed by atoms with van der Waals surface area (Å²) in [6.07, 6.45) is 7.56. The molecular weight excluding hydrogens is 395 g/mol. The fraction of sp³-hybridized carbons (Fsp3) is 0.182. The number of allylic oxidation sites excluding steroid dienone is 5. The number of benzene rings is 1. The lowest BCUT2D eigenvalue weighted by molar-refractivity contribution is 0.0952. The van der Waals surface area contributed by atoms with Gasteiger partial charge in [0.05, 0.1) is 0 Å². The minimum Gasteiger partial charge on any atom is -0.352 e. The van der Waals surface area contributed by atoms with Crippen LogP contribution in [-0.2, 0) is 0 Å². The molecule has 146 valence electrons. The number of hydrogen-bond acceptors (Lipinski definition) is 2. The summed E-state index contributed by atoms with van der Waals surface area (Å²) >= 11 is 12.3. The van der Waals surface area contributed by atoms with E-state index in [0.29, 0.717) is 28.6 Å². The molecule has 0 aliphatic carbocycles. The van der Waals surface area contributed by atoms with Gasteiger partial charge in [0.1, 0.15) is 0 Å². The molecule has 1 amide bonds. The lowest BCUT2D eigenvalue weighted by atomic mass is 9.87. The SMILES string of the molecule is C=C/C=C(\C=C(/C)Cl)C(CCNC(=O)c1cc[nH]c(=O)c1)c1cccc(Cl)c1. The van der Waals surface area contributed by atoms with E-state index in [2.05, 4.69) is 16.9 Å². The monoisotopic (exact) mass is 416 g/mol. The molecule has 0 aliphatic rings. The van der Waals surface area contributed by atoms with Crippen molar-refractivity contribution in [2.24, 2.45) is 0 Å². The second-order valence-electron chi connectivity index (χ2n) is 6.23. The van der Waals surface area contributed by atoms with Crippen LogP contribution in [0.4, 0.5) is 0 Å². The summed E-state index contributed by atoms with van der Waals surface area (Å²) in [6.45, 7) is 6.00. The van der Waals surface area contributed by atoms with Crippen molar-refractivity contribution in [1.29, 1.82) is 0 Å². The van der Waals surface area contributed by atoms with E-state index in [1.807, 2.05) is 43.3 Å². The molecule has 0 aliphatic heterocycles. The van der Waals surface area contributed by atoms with Gasteiger partial charge in [0.15, 0.2) is 0 Å². The molecule has 1 unspecified atom stereocenters. The third kappa shape index (κ3) is 6.55. The number of rotatable bonds is 8. The van der Waals surface area contributed by atoms with Crippen molar-refractivity contribution in [2.45, 2.75) is 19.3 Å². The third-order valence-electron chi connectivity index (χ3n) is 4.09. The zero-order chi connectivity index (χ0) is 20.5. The number of H-pyrrole nitrogens is 1. The molecule has 1 aromatic carbocycles. The smallest absolute Gasteiger partial charge is 0.251 e. The zero-order valence-corrected chi connectivity index (χ0v) is 17.1. The molecule has 0 spiro atoms. The maximum atomic E-state index is 12.3. The van der Waals surface area contributed by atoms with E-state index in [4.69, 9.17) is 23.2 Å². The van der Waals surface area contributed by atoms with Crippen LogP contribution in [0.5, 0.6) is 0 Å². The minimum absolute atomic E-state index is 0.0372. The molecule has 6 heteroatoms. The van der Waals surface area contributed by atoms with Gasteiger partial charge in [-0.3, -0.25) is 9.59 Å². The fourth-order valence-electron chi connectivity index (χ4n) is 2.90. The summed E-state index contributed by atoms with van der Waals surface area (Å²) in [6, 6.07) is 10.4. The Kier molecular flexibility index (Phi) is 8.30. The van der Waals surface area contributed by atoms with E-state index < -0.39 is 0 Å². The summed E-state index contributed by atoms with van der Waals surface area (Å²) < 4.78 is 0. The van der Waals surface area contributed by atoms with Crippen LogP contribution in [0.25, 0.3) is 0 Å². The number of aromatic amines is 1. The van der Waals surface area contributed by atoms with Gasteiger partial charge in [-0.25, -0.2) is 0 Å². The van der Waals surface area contributed by atoms with Crippen molar-refractivity contribution in [2.75, 3.05) is 6.54 Å². The Balaban J connectivity index is 2.21. The lowest BCUT2D eigenvalue weighted by Crippen LogP contribution is -2.27. The van der Waals surface area contributed by atoms with Crippen molar-refractivity contribution >= 4 is 29.1 Å². The Morgan fingerprint density at radius 2 is 2.11 bits per heavy atom. The van der Waals surface area contributed by atoms with Crippen LogP contribution in [0.1, 0.15) is 35.2 Å². The molecule has 0 saturated heterocycles. The minimum atomic E-state index is -0.316. The fourth-order valence-corrected chi connectivity index (χ4v) is 3.22. The van der Waals surface area contributed by atoms with E-state index >= 15 is 0 Å². The molecule has 0 bridgehead atoms. The van der Waals surface area contributed by atoms with Gasteiger partial charge >= 0.3 is 0 Å². The lowest BCUT2D eigenvalue weighted by Gasteiger charge is -2.20. The largest absolute Gasteiger partial charge is 0.352 e. The van der Waals surface area contributed by atoms with Gasteiger partial charge in [-0.2, -0.15) is 0 Å². The summed E-state index contributed by atoms with van der Waals surface area (Å²) in [5, 5.41) is 4.14. The molecule has 2 rings (SSSR count). The normalized spacial score (nSPS) is 13.1. The number of carbonyl (C=O) groups is 1. The average Bonchev–Trinajstić information content (AvgIpc) is 2.64. The van der Waals surface area contributed by atoms with Gasteiger partial charge in [-0.1, -0.05) is 54.1 Å². The molecule has 1 atom stereocenters. The van der Waals surface area contributed by atoms with E-state index in [1.165, 1.54) is 12.3 Å². The van der Waals surface area contributed by atoms with Crippen LogP contribution in [0, 0.1) is 0 Å². The number of aromatic nitrogens is 1. The summed E-state index contributed by atoms with van der Waals surface area (Å²) in [4.78, 5) is 26.2. The first-order valence-corrected chi connectivity index (χ1v) is 9.55. The van der Waals surface area contributed by atoms with Crippen LogP contribution in [0.15, 0.2) is 82.8 Å². The Bertz CT molecular complexity index is 957. The van der Waals surface area contributed by atoms with Gasteiger partial charge in [0.25, 0.3) is 5.91 Å². The van der Waals surface area contributed by atoms with Crippen LogP contribution in [0.3, 0.4) is 0 Å². The van der Waals surface area contributed by atoms with Crippen LogP contribution >= 0.6 is 23.2 Å². The van der Waals surface area contributed by atoms with E-state index in [-0.39, 0.29) is 17.4 Å². The zero-order valence-electron chi connectivity index (χ0n) is 15.5. The van der Waals surface area contributed by atoms with Gasteiger partial charge in [0, 0.05) is 40.3 Å². The number of hydrogen-bond donors (Lipinski definition) is 2. The Hall–Kier alpha value is -2.56. The molecule has 1 heterocycles. The van der Waals surface area contributed by atoms with Gasteiger partial charge in [-0.05, 0) is 48.8 Å². The summed E-state index contributed by atoms with van der Waals surface area (Å²) in [5.41, 5.74) is 1.99. The predicted octanol–water partition coefficient (Wildman–Crippen LogP) is 5.19. The van der Waals surface area contributed by atoms with Crippen molar-refractivity contribution in [3.8, 4) is 0 Å². The molecular formula is C22H22Cl2N2O2. The number of amides is 1. The van der Waals surface area contributed by atoms with E-state index in [9.17, 15) is 9.59 Å². The number of carbonyl (C=O) groups excluding carboxylic acids is 1. The van der Waals surface area contributed by atoms with Crippen molar-refractivity contribution in [3.63, 3.8) is 0 Å². The molecule has 4 nitrogen and oxygen atoms in total.